The van der Waals surface area contributed by atoms with Crippen molar-refractivity contribution < 1.29 is 0 Å². The summed E-state index contributed by atoms with van der Waals surface area (Å²) < 4.78 is 0. The Morgan fingerprint density at radius 3 is 2.41 bits per heavy atom. The number of unbranched alkanes of at least 4 members (excludes halogenated alkanes) is 1. The smallest absolute Gasteiger partial charge is 0.00470 e. The summed E-state index contributed by atoms with van der Waals surface area (Å²) >= 11 is 0. The topological polar surface area (TPSA) is 12.0 Å². The predicted octanol–water partition coefficient (Wildman–Crippen LogP) is 4.13. The molecule has 1 N–H and O–H groups in total. The molecule has 1 heteroatoms. The van der Waals surface area contributed by atoms with E-state index in [-0.39, 0.29) is 5.41 Å². The molecular weight excluding hydrogens is 206 g/mol. The first-order valence-electron chi connectivity index (χ1n) is 6.85. The number of hydrogen-bond acceptors (Lipinski definition) is 1. The van der Waals surface area contributed by atoms with E-state index < -0.39 is 0 Å². The van der Waals surface area contributed by atoms with Crippen LogP contribution in [0.25, 0.3) is 0 Å². The molecule has 0 aliphatic carbocycles. The van der Waals surface area contributed by atoms with Gasteiger partial charge >= 0.3 is 0 Å². The van der Waals surface area contributed by atoms with Gasteiger partial charge in [-0.25, -0.2) is 0 Å². The van der Waals surface area contributed by atoms with Gasteiger partial charge in [0.2, 0.25) is 0 Å². The van der Waals surface area contributed by atoms with Gasteiger partial charge in [0.15, 0.2) is 0 Å². The van der Waals surface area contributed by atoms with Crippen molar-refractivity contribution in [1.82, 2.24) is 5.32 Å². The second-order valence-electron chi connectivity index (χ2n) is 5.66. The van der Waals surface area contributed by atoms with Crippen molar-refractivity contribution in [3.8, 4) is 0 Å². The van der Waals surface area contributed by atoms with Crippen LogP contribution < -0.4 is 5.32 Å². The summed E-state index contributed by atoms with van der Waals surface area (Å²) in [6.07, 6.45) is 3.72. The van der Waals surface area contributed by atoms with Crippen molar-refractivity contribution in [2.24, 2.45) is 0 Å². The molecular formula is C16H27N. The molecule has 0 saturated carbocycles. The summed E-state index contributed by atoms with van der Waals surface area (Å²) in [6, 6.07) is 11.4. The average molecular weight is 233 g/mol. The maximum absolute atomic E-state index is 3.61. The van der Waals surface area contributed by atoms with Crippen LogP contribution in [0.1, 0.15) is 52.5 Å². The van der Waals surface area contributed by atoms with Crippen LogP contribution in [0, 0.1) is 0 Å². The first-order chi connectivity index (χ1) is 8.06. The molecule has 1 aromatic carbocycles. The summed E-state index contributed by atoms with van der Waals surface area (Å²) in [4.78, 5) is 0. The summed E-state index contributed by atoms with van der Waals surface area (Å²) in [5.41, 5.74) is 1.68. The Labute approximate surface area is 107 Å². The van der Waals surface area contributed by atoms with E-state index in [1.165, 1.54) is 24.8 Å². The second-order valence-corrected chi connectivity index (χ2v) is 5.66. The van der Waals surface area contributed by atoms with Gasteiger partial charge in [0.1, 0.15) is 0 Å². The Kier molecular flexibility index (Phi) is 5.70. The molecule has 0 heterocycles. The molecule has 1 atom stereocenters. The third-order valence-electron chi connectivity index (χ3n) is 3.39. The van der Waals surface area contributed by atoms with E-state index in [2.05, 4.69) is 63.3 Å². The normalized spacial score (nSPS) is 13.6. The van der Waals surface area contributed by atoms with Crippen LogP contribution in [0.15, 0.2) is 30.3 Å². The lowest BCUT2D eigenvalue weighted by molar-refractivity contribution is 0.387. The third-order valence-corrected chi connectivity index (χ3v) is 3.39. The molecule has 0 amide bonds. The van der Waals surface area contributed by atoms with Gasteiger partial charge in [-0.1, -0.05) is 57.5 Å². The molecule has 1 nitrogen and oxygen atoms in total. The molecule has 0 spiro atoms. The second kappa shape index (κ2) is 6.80. The maximum Gasteiger partial charge on any atom is 0.00470 e. The molecule has 0 saturated heterocycles. The summed E-state index contributed by atoms with van der Waals surface area (Å²) in [5, 5.41) is 3.61. The van der Waals surface area contributed by atoms with E-state index in [4.69, 9.17) is 0 Å². The molecule has 0 aliphatic heterocycles. The van der Waals surface area contributed by atoms with Crippen molar-refractivity contribution in [2.75, 3.05) is 6.54 Å². The van der Waals surface area contributed by atoms with Crippen LogP contribution in [-0.4, -0.2) is 12.6 Å². The highest BCUT2D eigenvalue weighted by atomic mass is 14.9. The molecule has 0 bridgehead atoms. The number of nitrogens with one attached hydrogen (secondary N) is 1. The van der Waals surface area contributed by atoms with Crippen molar-refractivity contribution in [2.45, 2.75) is 58.4 Å². The largest absolute Gasteiger partial charge is 0.314 e. The van der Waals surface area contributed by atoms with Crippen molar-refractivity contribution in [1.29, 1.82) is 0 Å². The fraction of sp³-hybridized carbons (Fsp3) is 0.625. The van der Waals surface area contributed by atoms with Gasteiger partial charge < -0.3 is 5.32 Å². The van der Waals surface area contributed by atoms with Crippen molar-refractivity contribution in [3.63, 3.8) is 0 Å². The Bertz CT molecular complexity index is 303. The maximum atomic E-state index is 3.61. The zero-order valence-electron chi connectivity index (χ0n) is 11.8. The van der Waals surface area contributed by atoms with Gasteiger partial charge in [-0.2, -0.15) is 0 Å². The summed E-state index contributed by atoms with van der Waals surface area (Å²) in [7, 11) is 0. The molecule has 96 valence electrons. The number of rotatable bonds is 7. The Hall–Kier alpha value is -0.820. The Balaban J connectivity index is 2.49. The Morgan fingerprint density at radius 1 is 1.18 bits per heavy atom. The van der Waals surface area contributed by atoms with Crippen LogP contribution in [0.2, 0.25) is 0 Å². The monoisotopic (exact) mass is 233 g/mol. The van der Waals surface area contributed by atoms with Gasteiger partial charge in [-0.05, 0) is 37.3 Å². The van der Waals surface area contributed by atoms with Crippen LogP contribution in [0.5, 0.6) is 0 Å². The highest BCUT2D eigenvalue weighted by Crippen LogP contribution is 2.27. The highest BCUT2D eigenvalue weighted by Gasteiger charge is 2.22. The van der Waals surface area contributed by atoms with E-state index in [0.29, 0.717) is 6.04 Å². The standard InChI is InChI=1S/C16H27N/c1-5-6-12-17-14(2)13-16(3,4)15-10-8-7-9-11-15/h7-11,14,17H,5-6,12-13H2,1-4H3. The fourth-order valence-corrected chi connectivity index (χ4v) is 2.37. The van der Waals surface area contributed by atoms with E-state index in [1.807, 2.05) is 0 Å². The minimum absolute atomic E-state index is 0.250. The first-order valence-corrected chi connectivity index (χ1v) is 6.85. The molecule has 0 aromatic heterocycles. The van der Waals surface area contributed by atoms with Crippen LogP contribution in [0.4, 0.5) is 0 Å². The molecule has 1 aromatic rings. The van der Waals surface area contributed by atoms with Crippen LogP contribution in [0.3, 0.4) is 0 Å². The van der Waals surface area contributed by atoms with E-state index in [0.717, 1.165) is 6.54 Å². The third kappa shape index (κ3) is 4.91. The summed E-state index contributed by atoms with van der Waals surface area (Å²) in [5.74, 6) is 0. The molecule has 0 fully saturated rings. The Morgan fingerprint density at radius 2 is 1.82 bits per heavy atom. The number of hydrogen-bond donors (Lipinski definition) is 1. The SMILES string of the molecule is CCCCNC(C)CC(C)(C)c1ccccc1. The molecule has 17 heavy (non-hydrogen) atoms. The average Bonchev–Trinajstić information content (AvgIpc) is 2.30. The van der Waals surface area contributed by atoms with E-state index >= 15 is 0 Å². The zero-order chi connectivity index (χ0) is 12.7. The highest BCUT2D eigenvalue weighted by molar-refractivity contribution is 5.23. The van der Waals surface area contributed by atoms with Crippen LogP contribution >= 0.6 is 0 Å². The lowest BCUT2D eigenvalue weighted by Crippen LogP contribution is -2.33. The minimum atomic E-state index is 0.250. The van der Waals surface area contributed by atoms with Gasteiger partial charge in [-0.15, -0.1) is 0 Å². The minimum Gasteiger partial charge on any atom is -0.314 e. The van der Waals surface area contributed by atoms with Gasteiger partial charge in [0.05, 0.1) is 0 Å². The van der Waals surface area contributed by atoms with E-state index in [1.54, 1.807) is 0 Å². The van der Waals surface area contributed by atoms with Gasteiger partial charge in [0.25, 0.3) is 0 Å². The fourth-order valence-electron chi connectivity index (χ4n) is 2.37. The predicted molar refractivity (Wildman–Crippen MR) is 76.5 cm³/mol. The van der Waals surface area contributed by atoms with Gasteiger partial charge in [-0.3, -0.25) is 0 Å². The molecule has 1 unspecified atom stereocenters. The summed E-state index contributed by atoms with van der Waals surface area (Å²) in [6.45, 7) is 10.3. The van der Waals surface area contributed by atoms with Crippen molar-refractivity contribution in [3.05, 3.63) is 35.9 Å². The van der Waals surface area contributed by atoms with Gasteiger partial charge in [0, 0.05) is 6.04 Å². The molecule has 0 aliphatic rings. The lowest BCUT2D eigenvalue weighted by atomic mass is 9.79. The van der Waals surface area contributed by atoms with Crippen LogP contribution in [-0.2, 0) is 5.41 Å². The molecule has 0 radical (unpaired) electrons. The zero-order valence-corrected chi connectivity index (χ0v) is 11.8. The van der Waals surface area contributed by atoms with Crippen molar-refractivity contribution >= 4 is 0 Å². The molecule has 1 rings (SSSR count). The first kappa shape index (κ1) is 14.2. The quantitative estimate of drug-likeness (QED) is 0.698. The van der Waals surface area contributed by atoms with E-state index in [9.17, 15) is 0 Å². The lowest BCUT2D eigenvalue weighted by Gasteiger charge is -2.29. The number of benzene rings is 1.